The van der Waals surface area contributed by atoms with E-state index >= 15 is 0 Å². The average molecular weight is 1210 g/mol. The van der Waals surface area contributed by atoms with E-state index in [4.69, 9.17) is 0 Å². The third-order valence-corrected chi connectivity index (χ3v) is 18.6. The maximum atomic E-state index is 3.73. The molecule has 6 heteroatoms. The van der Waals surface area contributed by atoms with Crippen LogP contribution in [0.25, 0.3) is 0 Å². The van der Waals surface area contributed by atoms with Gasteiger partial charge in [0.1, 0.15) is 0 Å². The van der Waals surface area contributed by atoms with Crippen LogP contribution < -0.4 is 18.9 Å². The first-order valence-corrected chi connectivity index (χ1v) is 38.9. The molecular formula is C58H94Br4LiZr+. The summed E-state index contributed by atoms with van der Waals surface area (Å²) >= 11 is 13.8. The number of halogens is 4. The van der Waals surface area contributed by atoms with Gasteiger partial charge in [-0.25, -0.2) is 0 Å². The van der Waals surface area contributed by atoms with Gasteiger partial charge in [0.25, 0.3) is 0 Å². The van der Waals surface area contributed by atoms with Crippen molar-refractivity contribution in [1.82, 2.24) is 0 Å². The maximum Gasteiger partial charge on any atom is 1.00 e. The van der Waals surface area contributed by atoms with E-state index in [2.05, 4.69) is 122 Å². The third kappa shape index (κ3) is 18.2. The van der Waals surface area contributed by atoms with Gasteiger partial charge < -0.3 is 14.9 Å². The minimum absolute atomic E-state index is 0. The van der Waals surface area contributed by atoms with Gasteiger partial charge in [-0.15, -0.1) is 0 Å². The summed E-state index contributed by atoms with van der Waals surface area (Å²) in [5.41, 5.74) is 12.4. The fourth-order valence-corrected chi connectivity index (χ4v) is 16.8. The van der Waals surface area contributed by atoms with E-state index in [0.717, 1.165) is 68.8 Å². The molecule has 2 aromatic rings. The molecule has 358 valence electrons. The fourth-order valence-electron chi connectivity index (χ4n) is 14.9. The number of hydrogen-bond donors (Lipinski definition) is 0. The summed E-state index contributed by atoms with van der Waals surface area (Å²) in [5, 5.41) is 0. The van der Waals surface area contributed by atoms with E-state index in [1.807, 2.05) is 13.8 Å². The summed E-state index contributed by atoms with van der Waals surface area (Å²) in [7, 11) is 0. The molecule has 8 fully saturated rings. The van der Waals surface area contributed by atoms with Crippen molar-refractivity contribution in [3.8, 4) is 0 Å². The van der Waals surface area contributed by atoms with E-state index < -0.39 is 0 Å². The van der Waals surface area contributed by atoms with Crippen molar-refractivity contribution in [3.63, 3.8) is 0 Å². The predicted molar refractivity (Wildman–Crippen MR) is 293 cm³/mol. The van der Waals surface area contributed by atoms with Crippen LogP contribution in [-0.4, -0.2) is 9.65 Å². The van der Waals surface area contributed by atoms with E-state index in [9.17, 15) is 0 Å². The molecule has 8 unspecified atom stereocenters. The van der Waals surface area contributed by atoms with Crippen molar-refractivity contribution in [2.45, 2.75) is 231 Å². The van der Waals surface area contributed by atoms with Crippen LogP contribution in [0.1, 0.15) is 224 Å². The average Bonchev–Trinajstić information content (AvgIpc) is 4.02. The molecule has 0 saturated heterocycles. The summed E-state index contributed by atoms with van der Waals surface area (Å²) in [6, 6.07) is 9.52. The van der Waals surface area contributed by atoms with Crippen LogP contribution in [0.3, 0.4) is 0 Å². The Hall–Kier alpha value is 1.84. The fraction of sp³-hybridized carbons (Fsp3) is 0.759. The molecule has 8 aliphatic rings. The van der Waals surface area contributed by atoms with Crippen LogP contribution in [0.15, 0.2) is 24.3 Å². The molecule has 8 saturated carbocycles. The SMILES string of the molecule is BrC1CC2CCCCC2C1.BrC1CC2CCCCC2C1.CC.Cc1cc(C)c(C2CC3CCCCC3C2)c(C)c1.Cc1cc(C)c(C2CC3CCCCC3C2)c(C)c1.[Br][Zr+2][Br].[CH3-].[CH3-].[Li+]. The topological polar surface area (TPSA) is 0 Å². The van der Waals surface area contributed by atoms with Crippen molar-refractivity contribution < 1.29 is 37.4 Å². The summed E-state index contributed by atoms with van der Waals surface area (Å²) < 4.78 is 0. The van der Waals surface area contributed by atoms with Crippen LogP contribution >= 0.6 is 56.3 Å². The molecule has 0 aromatic heterocycles. The molecule has 0 N–H and O–H groups in total. The largest absolute Gasteiger partial charge is 1.00 e. The zero-order valence-electron chi connectivity index (χ0n) is 43.2. The molecule has 64 heavy (non-hydrogen) atoms. The van der Waals surface area contributed by atoms with Crippen LogP contribution in [-0.2, 0) is 18.5 Å². The van der Waals surface area contributed by atoms with Gasteiger partial charge in [-0.1, -0.05) is 184 Å². The van der Waals surface area contributed by atoms with Gasteiger partial charge in [0.15, 0.2) is 0 Å². The monoisotopic (exact) mass is 1200 g/mol. The van der Waals surface area contributed by atoms with Crippen LogP contribution in [0, 0.1) is 104 Å². The maximum absolute atomic E-state index is 3.73. The third-order valence-electron chi connectivity index (χ3n) is 17.1. The Labute approximate surface area is 450 Å². The number of rotatable bonds is 2. The molecule has 2 aromatic carbocycles. The van der Waals surface area contributed by atoms with E-state index in [1.165, 1.54) is 187 Å². The van der Waals surface area contributed by atoms with Crippen LogP contribution in [0.4, 0.5) is 0 Å². The second-order valence-electron chi connectivity index (χ2n) is 21.4. The summed E-state index contributed by atoms with van der Waals surface area (Å²) in [4.78, 5) is 1.72. The van der Waals surface area contributed by atoms with Crippen LogP contribution in [0.2, 0.25) is 0 Å². The molecule has 0 spiro atoms. The smallest absolute Gasteiger partial charge is 0.358 e. The quantitative estimate of drug-likeness (QED) is 0.160. The summed E-state index contributed by atoms with van der Waals surface area (Å²) in [6.45, 7) is 17.7. The summed E-state index contributed by atoms with van der Waals surface area (Å²) in [6.07, 6.45) is 35.8. The molecule has 0 radical (unpaired) electrons. The standard InChI is InChI=1S/2C18H26.2C9H15Br.C2H6.2CH3.2BrH.Li.Zr/c2*1-12-8-13(2)18(14(3)9-12)17-10-15-6-4-5-7-16(15)11-17;2*10-9-5-7-3-1-2-4-8(7)6-9;1-2;;;;;;/h2*8-9,15-17H,4-7,10-11H2,1-3H3;2*7-9H,1-6H2;1-2H3;2*1H3;2*1H;;/q;;;;;2*-1;;;+1;+4/p-2. The number of aryl methyl sites for hydroxylation is 6. The molecule has 0 amide bonds. The zero-order valence-corrected chi connectivity index (χ0v) is 52.0. The number of hydrogen-bond acceptors (Lipinski definition) is 0. The van der Waals surface area contributed by atoms with Crippen molar-refractivity contribution >= 4 is 56.3 Å². The summed E-state index contributed by atoms with van der Waals surface area (Å²) in [5.74, 6) is 10.3. The van der Waals surface area contributed by atoms with Crippen molar-refractivity contribution in [3.05, 3.63) is 83.6 Å². The Morgan fingerprint density at radius 2 is 0.547 bits per heavy atom. The molecule has 0 heterocycles. The second kappa shape index (κ2) is 32.0. The van der Waals surface area contributed by atoms with E-state index in [-0.39, 0.29) is 52.3 Å². The Morgan fingerprint density at radius 3 is 0.734 bits per heavy atom. The zero-order chi connectivity index (χ0) is 44.1. The van der Waals surface area contributed by atoms with Gasteiger partial charge in [-0.05, 0) is 185 Å². The van der Waals surface area contributed by atoms with Gasteiger partial charge in [-0.2, -0.15) is 0 Å². The van der Waals surface area contributed by atoms with Crippen molar-refractivity contribution in [2.75, 3.05) is 0 Å². The first kappa shape index (κ1) is 62.0. The molecule has 0 aliphatic heterocycles. The van der Waals surface area contributed by atoms with Gasteiger partial charge in [0, 0.05) is 9.65 Å². The number of fused-ring (bicyclic) bond motifs is 4. The Kier molecular flexibility index (Phi) is 31.0. The van der Waals surface area contributed by atoms with E-state index in [1.54, 1.807) is 11.1 Å². The van der Waals surface area contributed by atoms with Gasteiger partial charge >= 0.3 is 61.8 Å². The molecule has 0 nitrogen and oxygen atoms in total. The van der Waals surface area contributed by atoms with Crippen LogP contribution in [0.5, 0.6) is 0 Å². The Bertz CT molecular complexity index is 1380. The number of alkyl halides is 2. The molecular weight excluding hydrogens is 1110 g/mol. The first-order valence-electron chi connectivity index (χ1n) is 25.8. The Morgan fingerprint density at radius 1 is 0.375 bits per heavy atom. The minimum atomic E-state index is -0.145. The Balaban J connectivity index is 0.000000287. The second-order valence-corrected chi connectivity index (χ2v) is 35.3. The molecule has 8 aliphatic carbocycles. The number of benzene rings is 2. The van der Waals surface area contributed by atoms with Gasteiger partial charge in [0.05, 0.1) is 0 Å². The predicted octanol–water partition coefficient (Wildman–Crippen LogP) is 17.9. The van der Waals surface area contributed by atoms with E-state index in [0.29, 0.717) is 0 Å². The first-order chi connectivity index (χ1) is 29.4. The van der Waals surface area contributed by atoms with Gasteiger partial charge in [0.2, 0.25) is 0 Å². The van der Waals surface area contributed by atoms with Crippen molar-refractivity contribution in [1.29, 1.82) is 0 Å². The molecule has 0 bridgehead atoms. The van der Waals surface area contributed by atoms with Gasteiger partial charge in [-0.3, -0.25) is 0 Å². The minimum Gasteiger partial charge on any atom is -0.358 e. The van der Waals surface area contributed by atoms with Crippen molar-refractivity contribution in [2.24, 2.45) is 47.3 Å². The molecule has 10 rings (SSSR count). The normalized spacial score (nSPS) is 32.6. The molecule has 8 atom stereocenters.